The van der Waals surface area contributed by atoms with Gasteiger partial charge in [-0.1, -0.05) is 17.3 Å². The number of halogens is 2. The summed E-state index contributed by atoms with van der Waals surface area (Å²) in [5.41, 5.74) is -0.0110. The fraction of sp³-hybridized carbons (Fsp3) is 0.273. The highest BCUT2D eigenvalue weighted by Crippen LogP contribution is 2.28. The van der Waals surface area contributed by atoms with Crippen molar-refractivity contribution in [2.24, 2.45) is 7.05 Å². The van der Waals surface area contributed by atoms with Gasteiger partial charge in [-0.3, -0.25) is 4.31 Å². The third kappa shape index (κ3) is 2.42. The quantitative estimate of drug-likeness (QED) is 0.833. The van der Waals surface area contributed by atoms with E-state index in [0.29, 0.717) is 0 Å². The molecule has 1 aromatic carbocycles. The first-order valence-corrected chi connectivity index (χ1v) is 7.95. The highest BCUT2D eigenvalue weighted by atomic mass is 79.9. The topological polar surface area (TPSA) is 68.1 Å². The summed E-state index contributed by atoms with van der Waals surface area (Å²) in [4.78, 5) is 0. The molecule has 0 aliphatic carbocycles. The van der Waals surface area contributed by atoms with Crippen LogP contribution in [0.25, 0.3) is 0 Å². The number of aromatic nitrogens is 3. The van der Waals surface area contributed by atoms with Crippen molar-refractivity contribution in [3.8, 4) is 0 Å². The molecule has 2 rings (SSSR count). The molecule has 0 unspecified atom stereocenters. The van der Waals surface area contributed by atoms with Crippen LogP contribution in [0.2, 0.25) is 0 Å². The summed E-state index contributed by atoms with van der Waals surface area (Å²) < 4.78 is 41.3. The van der Waals surface area contributed by atoms with Gasteiger partial charge in [-0.2, -0.15) is 8.42 Å². The molecule has 0 spiro atoms. The number of hydrogen-bond acceptors (Lipinski definition) is 4. The van der Waals surface area contributed by atoms with E-state index in [-0.39, 0.29) is 21.9 Å². The van der Waals surface area contributed by atoms with E-state index in [4.69, 9.17) is 0 Å². The van der Waals surface area contributed by atoms with Crippen molar-refractivity contribution in [1.29, 1.82) is 0 Å². The fourth-order valence-corrected chi connectivity index (χ4v) is 4.35. The zero-order chi connectivity index (χ0) is 14.9. The van der Waals surface area contributed by atoms with Gasteiger partial charge < -0.3 is 0 Å². The second-order valence-corrected chi connectivity index (χ2v) is 6.46. The highest BCUT2D eigenvalue weighted by molar-refractivity contribution is 9.10. The molecule has 108 valence electrons. The predicted molar refractivity (Wildman–Crippen MR) is 75.3 cm³/mol. The Kier molecular flexibility index (Phi) is 4.09. The predicted octanol–water partition coefficient (Wildman–Crippen LogP) is 1.93. The summed E-state index contributed by atoms with van der Waals surface area (Å²) in [6, 6.07) is 5.70. The van der Waals surface area contributed by atoms with Crippen molar-refractivity contribution in [2.75, 3.05) is 10.8 Å². The maximum atomic E-state index is 13.8. The zero-order valence-corrected chi connectivity index (χ0v) is 13.2. The normalized spacial score (nSPS) is 11.6. The van der Waals surface area contributed by atoms with Gasteiger partial charge in [-0.05, 0) is 35.0 Å². The van der Waals surface area contributed by atoms with Gasteiger partial charge in [0.1, 0.15) is 5.82 Å². The van der Waals surface area contributed by atoms with Crippen LogP contribution in [0.4, 0.5) is 10.1 Å². The largest absolute Gasteiger partial charge is 0.284 e. The van der Waals surface area contributed by atoms with E-state index in [9.17, 15) is 12.8 Å². The summed E-state index contributed by atoms with van der Waals surface area (Å²) in [5.74, 6) is -0.607. The maximum absolute atomic E-state index is 13.8. The van der Waals surface area contributed by atoms with Gasteiger partial charge in [-0.15, -0.1) is 5.10 Å². The number of para-hydroxylation sites is 1. The Labute approximate surface area is 124 Å². The lowest BCUT2D eigenvalue weighted by atomic mass is 10.3. The Hall–Kier alpha value is -1.48. The van der Waals surface area contributed by atoms with Crippen LogP contribution in [0.15, 0.2) is 33.9 Å². The van der Waals surface area contributed by atoms with E-state index in [2.05, 4.69) is 26.2 Å². The number of sulfonamides is 1. The summed E-state index contributed by atoms with van der Waals surface area (Å²) in [6.45, 7) is 1.71. The van der Waals surface area contributed by atoms with Crippen molar-refractivity contribution in [3.05, 3.63) is 34.7 Å². The molecule has 20 heavy (non-hydrogen) atoms. The average molecular weight is 363 g/mol. The molecule has 0 fully saturated rings. The number of hydrogen-bond donors (Lipinski definition) is 0. The molecule has 1 aromatic heterocycles. The molecule has 9 heteroatoms. The van der Waals surface area contributed by atoms with Crippen molar-refractivity contribution >= 4 is 31.6 Å². The fourth-order valence-electron chi connectivity index (χ4n) is 1.82. The molecule has 0 saturated carbocycles. The van der Waals surface area contributed by atoms with Crippen LogP contribution in [0.5, 0.6) is 0 Å². The lowest BCUT2D eigenvalue weighted by molar-refractivity contribution is 0.566. The van der Waals surface area contributed by atoms with Crippen molar-refractivity contribution in [3.63, 3.8) is 0 Å². The standard InChI is InChI=1S/C11H12BrFN4O2S/c1-3-17(9-7-5-4-6-8(9)13)20(18,19)11-10(12)14-15-16(11)2/h4-7H,3H2,1-2H3. The molecule has 0 saturated heterocycles. The van der Waals surface area contributed by atoms with Gasteiger partial charge in [-0.25, -0.2) is 9.07 Å². The summed E-state index contributed by atoms with van der Waals surface area (Å²) in [7, 11) is -2.50. The number of aryl methyl sites for hydroxylation is 1. The summed E-state index contributed by atoms with van der Waals surface area (Å²) in [6.07, 6.45) is 0. The Bertz CT molecular complexity index is 712. The molecule has 1 heterocycles. The van der Waals surface area contributed by atoms with Crippen LogP contribution in [-0.2, 0) is 17.1 Å². The molecule has 0 N–H and O–H groups in total. The lowest BCUT2D eigenvalue weighted by Gasteiger charge is -2.22. The molecular formula is C11H12BrFN4O2S. The Morgan fingerprint density at radius 1 is 1.40 bits per heavy atom. The Morgan fingerprint density at radius 2 is 2.05 bits per heavy atom. The van der Waals surface area contributed by atoms with Gasteiger partial charge >= 0.3 is 0 Å². The number of anilines is 1. The Balaban J connectivity index is 2.60. The van der Waals surface area contributed by atoms with E-state index in [0.717, 1.165) is 8.99 Å². The van der Waals surface area contributed by atoms with Gasteiger partial charge in [0.05, 0.1) is 5.69 Å². The van der Waals surface area contributed by atoms with E-state index < -0.39 is 15.8 Å². The molecule has 6 nitrogen and oxygen atoms in total. The molecule has 0 amide bonds. The van der Waals surface area contributed by atoms with E-state index >= 15 is 0 Å². The molecule has 0 radical (unpaired) electrons. The Morgan fingerprint density at radius 3 is 2.55 bits per heavy atom. The molecular weight excluding hydrogens is 351 g/mol. The second-order valence-electron chi connectivity index (χ2n) is 3.93. The van der Waals surface area contributed by atoms with Gasteiger partial charge in [0, 0.05) is 13.6 Å². The minimum absolute atomic E-state index is 0.0110. The van der Waals surface area contributed by atoms with E-state index in [1.54, 1.807) is 13.0 Å². The van der Waals surface area contributed by atoms with Crippen LogP contribution in [0.3, 0.4) is 0 Å². The monoisotopic (exact) mass is 362 g/mol. The van der Waals surface area contributed by atoms with Gasteiger partial charge in [0.25, 0.3) is 10.0 Å². The van der Waals surface area contributed by atoms with Crippen molar-refractivity contribution < 1.29 is 12.8 Å². The van der Waals surface area contributed by atoms with Crippen LogP contribution in [0.1, 0.15) is 6.92 Å². The molecule has 0 aliphatic rings. The number of benzene rings is 1. The number of nitrogens with zero attached hydrogens (tertiary/aromatic N) is 4. The first kappa shape index (κ1) is 14.9. The third-order valence-corrected chi connectivity index (χ3v) is 5.46. The van der Waals surface area contributed by atoms with Crippen molar-refractivity contribution in [1.82, 2.24) is 15.0 Å². The zero-order valence-electron chi connectivity index (χ0n) is 10.8. The first-order chi connectivity index (χ1) is 9.39. The van der Waals surface area contributed by atoms with Crippen LogP contribution in [0, 0.1) is 5.82 Å². The van der Waals surface area contributed by atoms with Gasteiger partial charge in [0.15, 0.2) is 4.60 Å². The molecule has 0 aliphatic heterocycles. The van der Waals surface area contributed by atoms with Crippen LogP contribution >= 0.6 is 15.9 Å². The van der Waals surface area contributed by atoms with E-state index in [1.807, 2.05) is 0 Å². The van der Waals surface area contributed by atoms with Crippen LogP contribution < -0.4 is 4.31 Å². The minimum Gasteiger partial charge on any atom is -0.262 e. The van der Waals surface area contributed by atoms with Crippen LogP contribution in [-0.4, -0.2) is 30.0 Å². The summed E-state index contributed by atoms with van der Waals surface area (Å²) >= 11 is 3.05. The lowest BCUT2D eigenvalue weighted by Crippen LogP contribution is -2.33. The number of rotatable bonds is 4. The summed E-state index contributed by atoms with van der Waals surface area (Å²) in [5, 5.41) is 7.16. The molecule has 0 atom stereocenters. The van der Waals surface area contributed by atoms with E-state index in [1.165, 1.54) is 25.2 Å². The van der Waals surface area contributed by atoms with Gasteiger partial charge in [0.2, 0.25) is 5.03 Å². The SMILES string of the molecule is CCN(c1ccccc1F)S(=O)(=O)c1c(Br)nnn1C. The first-order valence-electron chi connectivity index (χ1n) is 5.72. The smallest absolute Gasteiger partial charge is 0.262 e. The third-order valence-electron chi connectivity index (χ3n) is 2.68. The average Bonchev–Trinajstić information content (AvgIpc) is 2.72. The maximum Gasteiger partial charge on any atom is 0.284 e. The minimum atomic E-state index is -3.96. The highest BCUT2D eigenvalue weighted by Gasteiger charge is 2.31. The van der Waals surface area contributed by atoms with Crippen molar-refractivity contribution in [2.45, 2.75) is 11.9 Å². The second kappa shape index (κ2) is 5.49. The molecule has 0 bridgehead atoms. The molecule has 2 aromatic rings.